The fraction of sp³-hybridized carbons (Fsp3) is 0.259. The highest BCUT2D eigenvalue weighted by atomic mass is 16.2. The number of pyridine rings is 1. The largest absolute Gasteiger partial charge is 0.338 e. The van der Waals surface area contributed by atoms with Gasteiger partial charge >= 0.3 is 0 Å². The van der Waals surface area contributed by atoms with E-state index in [1.54, 1.807) is 18.3 Å². The number of hydrogen-bond acceptors (Lipinski definition) is 4. The number of amides is 2. The predicted octanol–water partition coefficient (Wildman–Crippen LogP) is 5.79. The van der Waals surface area contributed by atoms with Crippen molar-refractivity contribution in [1.29, 1.82) is 0 Å². The lowest BCUT2D eigenvalue weighted by atomic mass is 9.99. The van der Waals surface area contributed by atoms with Crippen molar-refractivity contribution >= 4 is 34.2 Å². The molecule has 0 saturated heterocycles. The van der Waals surface area contributed by atoms with E-state index in [2.05, 4.69) is 25.6 Å². The molecule has 0 bridgehead atoms. The Bertz CT molecular complexity index is 1290. The molecule has 1 fully saturated rings. The second-order valence-electron chi connectivity index (χ2n) is 8.77. The van der Waals surface area contributed by atoms with Crippen LogP contribution in [0.4, 0.5) is 11.4 Å². The molecule has 0 radical (unpaired) electrons. The molecule has 34 heavy (non-hydrogen) atoms. The Balaban J connectivity index is 1.27. The summed E-state index contributed by atoms with van der Waals surface area (Å²) in [6.07, 6.45) is 9.86. The van der Waals surface area contributed by atoms with Crippen LogP contribution >= 0.6 is 0 Å². The van der Waals surface area contributed by atoms with Crippen LogP contribution in [0.3, 0.4) is 0 Å². The minimum atomic E-state index is -0.214. The van der Waals surface area contributed by atoms with Gasteiger partial charge in [0.25, 0.3) is 5.91 Å². The molecule has 172 valence electrons. The van der Waals surface area contributed by atoms with Crippen LogP contribution in [0.5, 0.6) is 0 Å². The Hall–Kier alpha value is -4.00. The highest BCUT2D eigenvalue weighted by Gasteiger charge is 2.20. The number of nitrogens with zero attached hydrogens (tertiary/aromatic N) is 2. The van der Waals surface area contributed by atoms with E-state index >= 15 is 0 Å². The van der Waals surface area contributed by atoms with Crippen molar-refractivity contribution in [3.05, 3.63) is 72.6 Å². The van der Waals surface area contributed by atoms with E-state index in [4.69, 9.17) is 0 Å². The molecule has 2 aromatic carbocycles. The number of fused-ring (bicyclic) bond motifs is 1. The number of carbonyl (C=O) groups excluding carboxylic acids is 2. The third kappa shape index (κ3) is 4.98. The van der Waals surface area contributed by atoms with Crippen LogP contribution < -0.4 is 10.6 Å². The number of imidazole rings is 1. The molecule has 1 aliphatic carbocycles. The molecular weight excluding hydrogens is 426 g/mol. The third-order valence-electron chi connectivity index (χ3n) is 6.32. The fourth-order valence-electron chi connectivity index (χ4n) is 4.42. The van der Waals surface area contributed by atoms with Gasteiger partial charge in [0.1, 0.15) is 5.82 Å². The van der Waals surface area contributed by atoms with Crippen LogP contribution in [0.15, 0.2) is 67.0 Å². The van der Waals surface area contributed by atoms with E-state index < -0.39 is 0 Å². The average molecular weight is 454 g/mol. The van der Waals surface area contributed by atoms with E-state index in [1.807, 2.05) is 42.5 Å². The maximum absolute atomic E-state index is 12.6. The number of carbonyl (C=O) groups is 2. The highest BCUT2D eigenvalue weighted by molar-refractivity contribution is 6.04. The van der Waals surface area contributed by atoms with Gasteiger partial charge in [-0.1, -0.05) is 25.7 Å². The summed E-state index contributed by atoms with van der Waals surface area (Å²) >= 11 is 0. The van der Waals surface area contributed by atoms with Crippen molar-refractivity contribution in [1.82, 2.24) is 15.0 Å². The molecule has 7 heteroatoms. The molecular formula is C27H27N5O2. The molecule has 0 spiro atoms. The van der Waals surface area contributed by atoms with Gasteiger partial charge in [-0.25, -0.2) is 4.98 Å². The van der Waals surface area contributed by atoms with E-state index in [0.717, 1.165) is 53.8 Å². The van der Waals surface area contributed by atoms with Crippen molar-refractivity contribution < 1.29 is 9.59 Å². The Labute approximate surface area is 198 Å². The molecule has 1 aliphatic rings. The summed E-state index contributed by atoms with van der Waals surface area (Å²) in [5.41, 5.74) is 4.52. The molecule has 0 atom stereocenters. The first kappa shape index (κ1) is 21.8. The van der Waals surface area contributed by atoms with Crippen molar-refractivity contribution in [2.75, 3.05) is 10.6 Å². The van der Waals surface area contributed by atoms with Crippen molar-refractivity contribution in [2.24, 2.45) is 5.92 Å². The van der Waals surface area contributed by atoms with Gasteiger partial charge in [0, 0.05) is 35.2 Å². The second kappa shape index (κ2) is 9.87. The maximum Gasteiger partial charge on any atom is 0.257 e. The second-order valence-corrected chi connectivity index (χ2v) is 8.77. The normalized spacial score (nSPS) is 14.5. The summed E-state index contributed by atoms with van der Waals surface area (Å²) in [7, 11) is 0. The molecule has 3 N–H and O–H groups in total. The van der Waals surface area contributed by atoms with Gasteiger partial charge in [-0.2, -0.15) is 0 Å². The molecule has 7 nitrogen and oxygen atoms in total. The van der Waals surface area contributed by atoms with Gasteiger partial charge in [-0.05, 0) is 67.4 Å². The van der Waals surface area contributed by atoms with Crippen LogP contribution in [0.1, 0.15) is 48.9 Å². The zero-order valence-electron chi connectivity index (χ0n) is 18.9. The summed E-state index contributed by atoms with van der Waals surface area (Å²) in [4.78, 5) is 37.0. The topological polar surface area (TPSA) is 99.8 Å². The van der Waals surface area contributed by atoms with E-state index in [-0.39, 0.29) is 17.7 Å². The lowest BCUT2D eigenvalue weighted by molar-refractivity contribution is -0.120. The Morgan fingerprint density at radius 1 is 0.882 bits per heavy atom. The summed E-state index contributed by atoms with van der Waals surface area (Å²) in [6, 6.07) is 16.7. The number of nitrogens with one attached hydrogen (secondary N) is 3. The first-order valence-corrected chi connectivity index (χ1v) is 11.8. The molecule has 1 saturated carbocycles. The lowest BCUT2D eigenvalue weighted by Crippen LogP contribution is -2.22. The number of anilines is 2. The third-order valence-corrected chi connectivity index (χ3v) is 6.32. The quantitative estimate of drug-likeness (QED) is 0.333. The van der Waals surface area contributed by atoms with Crippen LogP contribution in [0.2, 0.25) is 0 Å². The highest BCUT2D eigenvalue weighted by Crippen LogP contribution is 2.26. The maximum atomic E-state index is 12.6. The first-order valence-electron chi connectivity index (χ1n) is 11.8. The van der Waals surface area contributed by atoms with Gasteiger partial charge < -0.3 is 15.6 Å². The van der Waals surface area contributed by atoms with Gasteiger partial charge in [-0.3, -0.25) is 14.6 Å². The molecule has 2 aromatic heterocycles. The monoisotopic (exact) mass is 453 g/mol. The van der Waals surface area contributed by atoms with Crippen LogP contribution in [0, 0.1) is 5.92 Å². The first-order chi connectivity index (χ1) is 16.7. The van der Waals surface area contributed by atoms with Gasteiger partial charge in [-0.15, -0.1) is 0 Å². The average Bonchev–Trinajstić information content (AvgIpc) is 3.09. The minimum Gasteiger partial charge on any atom is -0.338 e. The predicted molar refractivity (Wildman–Crippen MR) is 134 cm³/mol. The SMILES string of the molecule is O=C(Nc1ccc2nc(-c3ccc(NC(=O)C4CCCCCC4)cc3)[nH]c2c1)c1cccnc1. The Kier molecular flexibility index (Phi) is 6.33. The zero-order valence-corrected chi connectivity index (χ0v) is 18.9. The van der Waals surface area contributed by atoms with Gasteiger partial charge in [0.05, 0.1) is 16.6 Å². The number of aromatic nitrogens is 3. The number of benzene rings is 2. The number of aromatic amines is 1. The molecule has 2 amide bonds. The number of H-pyrrole nitrogens is 1. The minimum absolute atomic E-state index is 0.116. The van der Waals surface area contributed by atoms with E-state index in [9.17, 15) is 9.59 Å². The van der Waals surface area contributed by atoms with Crippen molar-refractivity contribution in [3.63, 3.8) is 0 Å². The molecule has 5 rings (SSSR count). The van der Waals surface area contributed by atoms with Crippen molar-refractivity contribution in [2.45, 2.75) is 38.5 Å². The number of rotatable bonds is 5. The summed E-state index contributed by atoms with van der Waals surface area (Å²) in [5, 5.41) is 5.96. The van der Waals surface area contributed by atoms with Crippen LogP contribution in [-0.2, 0) is 4.79 Å². The fourth-order valence-corrected chi connectivity index (χ4v) is 4.42. The van der Waals surface area contributed by atoms with Gasteiger partial charge in [0.15, 0.2) is 0 Å². The van der Waals surface area contributed by atoms with Crippen molar-refractivity contribution in [3.8, 4) is 11.4 Å². The Morgan fingerprint density at radius 2 is 1.65 bits per heavy atom. The van der Waals surface area contributed by atoms with E-state index in [0.29, 0.717) is 11.3 Å². The molecule has 0 aliphatic heterocycles. The lowest BCUT2D eigenvalue weighted by Gasteiger charge is -2.14. The molecule has 4 aromatic rings. The van der Waals surface area contributed by atoms with Gasteiger partial charge in [0.2, 0.25) is 5.91 Å². The summed E-state index contributed by atoms with van der Waals surface area (Å²) in [6.45, 7) is 0. The Morgan fingerprint density at radius 3 is 2.38 bits per heavy atom. The smallest absolute Gasteiger partial charge is 0.257 e. The standard InChI is InChI=1S/C27H27N5O2/c33-26(19-6-3-1-2-4-7-19)29-21-11-9-18(10-12-21)25-31-23-14-13-22(16-24(23)32-25)30-27(34)20-8-5-15-28-17-20/h5,8-17,19H,1-4,6-7H2,(H,29,33)(H,30,34)(H,31,32). The number of hydrogen-bond donors (Lipinski definition) is 3. The molecule has 2 heterocycles. The van der Waals surface area contributed by atoms with E-state index in [1.165, 1.54) is 19.0 Å². The zero-order chi connectivity index (χ0) is 23.3. The van der Waals surface area contributed by atoms with Crippen LogP contribution in [-0.4, -0.2) is 26.8 Å². The van der Waals surface area contributed by atoms with Crippen LogP contribution in [0.25, 0.3) is 22.4 Å². The molecule has 0 unspecified atom stereocenters. The summed E-state index contributed by atoms with van der Waals surface area (Å²) < 4.78 is 0. The summed E-state index contributed by atoms with van der Waals surface area (Å²) in [5.74, 6) is 0.755.